The normalized spacial score (nSPS) is 11.5. The second kappa shape index (κ2) is 7.21. The molecule has 6 nitrogen and oxygen atoms in total. The van der Waals surface area contributed by atoms with Crippen LogP contribution in [0.2, 0.25) is 0 Å². The second-order valence-corrected chi connectivity index (χ2v) is 6.07. The van der Waals surface area contributed by atoms with Crippen molar-refractivity contribution in [1.82, 2.24) is 20.6 Å². The Morgan fingerprint density at radius 3 is 2.67 bits per heavy atom. The Hall–Kier alpha value is -3.80. The third-order valence-corrected chi connectivity index (χ3v) is 4.31. The van der Waals surface area contributed by atoms with Crippen molar-refractivity contribution in [2.24, 2.45) is 5.10 Å². The summed E-state index contributed by atoms with van der Waals surface area (Å²) in [7, 11) is 0. The second-order valence-electron chi connectivity index (χ2n) is 6.07. The van der Waals surface area contributed by atoms with Crippen molar-refractivity contribution >= 4 is 22.4 Å². The van der Waals surface area contributed by atoms with Crippen LogP contribution in [0, 0.1) is 0 Å². The summed E-state index contributed by atoms with van der Waals surface area (Å²) in [6.45, 7) is 1.82. The Morgan fingerprint density at radius 1 is 1.04 bits per heavy atom. The lowest BCUT2D eigenvalue weighted by Gasteiger charge is -2.03. The first-order valence-corrected chi connectivity index (χ1v) is 8.51. The van der Waals surface area contributed by atoms with Crippen molar-refractivity contribution in [2.45, 2.75) is 6.92 Å². The van der Waals surface area contributed by atoms with Gasteiger partial charge >= 0.3 is 0 Å². The first kappa shape index (κ1) is 16.7. The third kappa shape index (κ3) is 3.46. The number of nitrogens with zero attached hydrogens (tertiary/aromatic N) is 3. The highest BCUT2D eigenvalue weighted by Crippen LogP contribution is 2.27. The number of rotatable bonds is 4. The van der Waals surface area contributed by atoms with Gasteiger partial charge in [0.15, 0.2) is 0 Å². The molecule has 0 fully saturated rings. The quantitative estimate of drug-likeness (QED) is 0.432. The first-order valence-electron chi connectivity index (χ1n) is 8.51. The van der Waals surface area contributed by atoms with Crippen LogP contribution in [0.5, 0.6) is 0 Å². The molecule has 4 rings (SSSR count). The molecule has 1 amide bonds. The van der Waals surface area contributed by atoms with Gasteiger partial charge in [0.1, 0.15) is 5.69 Å². The maximum absolute atomic E-state index is 12.4. The van der Waals surface area contributed by atoms with Crippen LogP contribution in [0.3, 0.4) is 0 Å². The number of nitrogens with one attached hydrogen (secondary N) is 2. The van der Waals surface area contributed by atoms with Crippen molar-refractivity contribution < 1.29 is 4.79 Å². The van der Waals surface area contributed by atoms with Gasteiger partial charge in [-0.15, -0.1) is 0 Å². The fourth-order valence-electron chi connectivity index (χ4n) is 2.88. The van der Waals surface area contributed by atoms with E-state index in [1.807, 2.05) is 49.4 Å². The van der Waals surface area contributed by atoms with E-state index in [2.05, 4.69) is 37.8 Å². The van der Waals surface area contributed by atoms with Crippen LogP contribution >= 0.6 is 0 Å². The Kier molecular flexibility index (Phi) is 4.45. The van der Waals surface area contributed by atoms with E-state index in [1.165, 1.54) is 0 Å². The van der Waals surface area contributed by atoms with Crippen LogP contribution in [-0.4, -0.2) is 26.8 Å². The fourth-order valence-corrected chi connectivity index (χ4v) is 2.88. The molecule has 132 valence electrons. The molecule has 0 saturated carbocycles. The number of H-pyrrole nitrogens is 1. The van der Waals surface area contributed by atoms with Gasteiger partial charge in [-0.1, -0.05) is 42.5 Å². The summed E-state index contributed by atoms with van der Waals surface area (Å²) in [5.41, 5.74) is 6.18. The first-order chi connectivity index (χ1) is 13.2. The minimum Gasteiger partial charge on any atom is -0.272 e. The van der Waals surface area contributed by atoms with Gasteiger partial charge < -0.3 is 0 Å². The fraction of sp³-hybridized carbons (Fsp3) is 0.0476. The minimum atomic E-state index is -0.345. The summed E-state index contributed by atoms with van der Waals surface area (Å²) < 4.78 is 0. The average Bonchev–Trinajstić information content (AvgIpc) is 3.22. The number of aromatic amines is 1. The Bertz CT molecular complexity index is 1130. The van der Waals surface area contributed by atoms with Crippen LogP contribution in [0.4, 0.5) is 0 Å². The summed E-state index contributed by atoms with van der Waals surface area (Å²) in [5, 5.41) is 13.4. The van der Waals surface area contributed by atoms with Crippen LogP contribution in [0.1, 0.15) is 23.0 Å². The van der Waals surface area contributed by atoms with Gasteiger partial charge in [-0.3, -0.25) is 14.9 Å². The van der Waals surface area contributed by atoms with Gasteiger partial charge in [-0.25, -0.2) is 5.43 Å². The maximum Gasteiger partial charge on any atom is 0.289 e. The highest BCUT2D eigenvalue weighted by atomic mass is 16.2. The van der Waals surface area contributed by atoms with Crippen molar-refractivity contribution in [3.8, 4) is 11.3 Å². The maximum atomic E-state index is 12.4. The highest BCUT2D eigenvalue weighted by molar-refractivity contribution is 6.01. The van der Waals surface area contributed by atoms with Crippen molar-refractivity contribution in [3.05, 3.63) is 84.3 Å². The molecule has 2 N–H and O–H groups in total. The van der Waals surface area contributed by atoms with Gasteiger partial charge in [0, 0.05) is 23.5 Å². The molecule has 0 atom stereocenters. The lowest BCUT2D eigenvalue weighted by Crippen LogP contribution is -2.19. The molecular weight excluding hydrogens is 338 g/mol. The number of pyridine rings is 1. The standard InChI is InChI=1S/C21H17N5O/c1-14(15-9-11-22-12-10-15)23-26-21(27)20-13-19(24-25-20)18-8-4-6-16-5-2-3-7-17(16)18/h2-13H,1H3,(H,24,25)(H,26,27)/b23-14-. The van der Waals surface area contributed by atoms with Crippen molar-refractivity contribution in [3.63, 3.8) is 0 Å². The topological polar surface area (TPSA) is 83.0 Å². The van der Waals surface area contributed by atoms with Crippen molar-refractivity contribution in [2.75, 3.05) is 0 Å². The Balaban J connectivity index is 1.56. The van der Waals surface area contributed by atoms with Crippen molar-refractivity contribution in [1.29, 1.82) is 0 Å². The van der Waals surface area contributed by atoms with E-state index in [1.54, 1.807) is 18.5 Å². The average molecular weight is 355 g/mol. The smallest absolute Gasteiger partial charge is 0.272 e. The molecule has 6 heteroatoms. The monoisotopic (exact) mass is 355 g/mol. The Labute approximate surface area is 156 Å². The van der Waals surface area contributed by atoms with Crippen LogP contribution in [0.25, 0.3) is 22.0 Å². The molecule has 4 aromatic rings. The van der Waals surface area contributed by atoms with E-state index in [9.17, 15) is 4.79 Å². The number of carbonyl (C=O) groups excluding carboxylic acids is 1. The predicted octanol–water partition coefficient (Wildman–Crippen LogP) is 3.78. The zero-order valence-electron chi connectivity index (χ0n) is 14.7. The largest absolute Gasteiger partial charge is 0.289 e. The van der Waals surface area contributed by atoms with Crippen LogP contribution < -0.4 is 5.43 Å². The number of hydrogen-bond donors (Lipinski definition) is 2. The lowest BCUT2D eigenvalue weighted by molar-refractivity contribution is 0.0950. The third-order valence-electron chi connectivity index (χ3n) is 4.31. The van der Waals surface area contributed by atoms with E-state index in [0.717, 1.165) is 21.9 Å². The molecule has 0 aliphatic carbocycles. The molecule has 2 aromatic carbocycles. The molecule has 0 saturated heterocycles. The van der Waals surface area contributed by atoms with Gasteiger partial charge in [-0.05, 0) is 35.9 Å². The van der Waals surface area contributed by atoms with Crippen LogP contribution in [0.15, 0.2) is 78.2 Å². The summed E-state index contributed by atoms with van der Waals surface area (Å²) >= 11 is 0. The predicted molar refractivity (Wildman–Crippen MR) is 105 cm³/mol. The molecule has 0 bridgehead atoms. The molecule has 0 spiro atoms. The van der Waals surface area contributed by atoms with E-state index in [4.69, 9.17) is 0 Å². The molecular formula is C21H17N5O. The number of carbonyl (C=O) groups is 1. The molecule has 0 aliphatic rings. The number of fused-ring (bicyclic) bond motifs is 1. The Morgan fingerprint density at radius 2 is 1.81 bits per heavy atom. The highest BCUT2D eigenvalue weighted by Gasteiger charge is 2.12. The van der Waals surface area contributed by atoms with E-state index < -0.39 is 0 Å². The molecule has 27 heavy (non-hydrogen) atoms. The number of benzene rings is 2. The zero-order chi connectivity index (χ0) is 18.6. The lowest BCUT2D eigenvalue weighted by atomic mass is 10.0. The van der Waals surface area contributed by atoms with Gasteiger partial charge in [0.25, 0.3) is 5.91 Å². The number of amides is 1. The minimum absolute atomic E-state index is 0.345. The van der Waals surface area contributed by atoms with Gasteiger partial charge in [0.05, 0.1) is 11.4 Å². The zero-order valence-corrected chi connectivity index (χ0v) is 14.7. The molecule has 0 radical (unpaired) electrons. The number of hydrazone groups is 1. The molecule has 2 aromatic heterocycles. The van der Waals surface area contributed by atoms with Gasteiger partial charge in [-0.2, -0.15) is 10.2 Å². The summed E-state index contributed by atoms with van der Waals surface area (Å²) in [5.74, 6) is -0.345. The molecule has 0 aliphatic heterocycles. The number of hydrogen-bond acceptors (Lipinski definition) is 4. The summed E-state index contributed by atoms with van der Waals surface area (Å²) in [4.78, 5) is 16.4. The van der Waals surface area contributed by atoms with E-state index >= 15 is 0 Å². The molecule has 2 heterocycles. The summed E-state index contributed by atoms with van der Waals surface area (Å²) in [6, 6.07) is 19.5. The SMILES string of the molecule is C/C(=N/NC(=O)c1cc(-c2cccc3ccccc23)n[nH]1)c1ccncc1. The number of aromatic nitrogens is 3. The van der Waals surface area contributed by atoms with E-state index in [0.29, 0.717) is 17.1 Å². The van der Waals surface area contributed by atoms with E-state index in [-0.39, 0.29) is 5.91 Å². The van der Waals surface area contributed by atoms with Gasteiger partial charge in [0.2, 0.25) is 0 Å². The van der Waals surface area contributed by atoms with Crippen LogP contribution in [-0.2, 0) is 0 Å². The molecule has 0 unspecified atom stereocenters. The summed E-state index contributed by atoms with van der Waals surface area (Å²) in [6.07, 6.45) is 3.36.